The molecule has 1 aromatic carbocycles. The average Bonchev–Trinajstić information content (AvgIpc) is 2.72. The van der Waals surface area contributed by atoms with Crippen molar-refractivity contribution in [2.45, 2.75) is 33.4 Å². The number of amides is 1. The molecule has 1 amide bonds. The molecule has 1 aromatic rings. The van der Waals surface area contributed by atoms with E-state index in [1.807, 2.05) is 19.9 Å². The Labute approximate surface area is 95.1 Å². The smallest absolute Gasteiger partial charge is 0.225 e. The molecule has 2 nitrogen and oxygen atoms in total. The SMILES string of the molecule is CC[C@H](C)C(=O)N1Cc2cccc(F)c2C1. The Hall–Kier alpha value is -1.38. The molecule has 0 spiro atoms. The Kier molecular flexibility index (Phi) is 2.95. The molecule has 0 bridgehead atoms. The van der Waals surface area contributed by atoms with Crippen LogP contribution in [0.15, 0.2) is 18.2 Å². The molecule has 3 heteroatoms. The molecule has 0 aromatic heterocycles. The number of fused-ring (bicyclic) bond motifs is 1. The summed E-state index contributed by atoms with van der Waals surface area (Å²) in [6.07, 6.45) is 0.828. The van der Waals surface area contributed by atoms with Gasteiger partial charge in [-0.05, 0) is 18.1 Å². The van der Waals surface area contributed by atoms with Gasteiger partial charge < -0.3 is 4.90 Å². The number of halogens is 1. The third-order valence-electron chi connectivity index (χ3n) is 3.27. The fraction of sp³-hybridized carbons (Fsp3) is 0.462. The van der Waals surface area contributed by atoms with E-state index in [0.29, 0.717) is 18.7 Å². The summed E-state index contributed by atoms with van der Waals surface area (Å²) >= 11 is 0. The number of carbonyl (C=O) groups is 1. The molecule has 0 unspecified atom stereocenters. The lowest BCUT2D eigenvalue weighted by molar-refractivity contribution is -0.135. The Morgan fingerprint density at radius 1 is 1.50 bits per heavy atom. The van der Waals surface area contributed by atoms with Crippen molar-refractivity contribution in [1.82, 2.24) is 4.90 Å². The molecule has 86 valence electrons. The monoisotopic (exact) mass is 221 g/mol. The molecule has 0 saturated heterocycles. The molecule has 0 N–H and O–H groups in total. The van der Waals surface area contributed by atoms with E-state index in [9.17, 15) is 9.18 Å². The van der Waals surface area contributed by atoms with Crippen molar-refractivity contribution in [2.75, 3.05) is 0 Å². The quantitative estimate of drug-likeness (QED) is 0.752. The third-order valence-corrected chi connectivity index (χ3v) is 3.27. The van der Waals surface area contributed by atoms with Gasteiger partial charge in [0.2, 0.25) is 5.91 Å². The second-order valence-electron chi connectivity index (χ2n) is 4.38. The van der Waals surface area contributed by atoms with Crippen LogP contribution in [0, 0.1) is 11.7 Å². The largest absolute Gasteiger partial charge is 0.334 e. The van der Waals surface area contributed by atoms with Crippen LogP contribution in [0.5, 0.6) is 0 Å². The summed E-state index contributed by atoms with van der Waals surface area (Å²) in [5.41, 5.74) is 1.62. The molecule has 16 heavy (non-hydrogen) atoms. The number of nitrogens with zero attached hydrogens (tertiary/aromatic N) is 1. The molecular formula is C13H16FNO. The summed E-state index contributed by atoms with van der Waals surface area (Å²) in [5.74, 6) is -0.0487. The number of hydrogen-bond acceptors (Lipinski definition) is 1. The number of benzene rings is 1. The lowest BCUT2D eigenvalue weighted by Crippen LogP contribution is -2.30. The number of carbonyl (C=O) groups excluding carboxylic acids is 1. The molecule has 1 heterocycles. The maximum atomic E-state index is 13.5. The molecule has 0 fully saturated rings. The highest BCUT2D eigenvalue weighted by atomic mass is 19.1. The van der Waals surface area contributed by atoms with Crippen molar-refractivity contribution in [1.29, 1.82) is 0 Å². The molecule has 1 aliphatic rings. The van der Waals surface area contributed by atoms with Gasteiger partial charge in [-0.3, -0.25) is 4.79 Å². The van der Waals surface area contributed by atoms with Crippen LogP contribution in [0.25, 0.3) is 0 Å². The van der Waals surface area contributed by atoms with E-state index in [2.05, 4.69) is 0 Å². The Morgan fingerprint density at radius 3 is 2.88 bits per heavy atom. The van der Waals surface area contributed by atoms with Crippen LogP contribution in [0.3, 0.4) is 0 Å². The van der Waals surface area contributed by atoms with Gasteiger partial charge in [0, 0.05) is 24.6 Å². The molecule has 1 atom stereocenters. The molecule has 0 radical (unpaired) electrons. The molecule has 0 saturated carbocycles. The van der Waals surface area contributed by atoms with Gasteiger partial charge in [0.15, 0.2) is 0 Å². The van der Waals surface area contributed by atoms with E-state index in [-0.39, 0.29) is 17.6 Å². The van der Waals surface area contributed by atoms with Gasteiger partial charge in [-0.1, -0.05) is 26.0 Å². The van der Waals surface area contributed by atoms with Crippen molar-refractivity contribution >= 4 is 5.91 Å². The zero-order valence-electron chi connectivity index (χ0n) is 9.66. The molecule has 2 rings (SSSR count). The van der Waals surface area contributed by atoms with E-state index >= 15 is 0 Å². The zero-order valence-corrected chi connectivity index (χ0v) is 9.66. The molecule has 0 aliphatic carbocycles. The van der Waals surface area contributed by atoms with Gasteiger partial charge in [-0.15, -0.1) is 0 Å². The van der Waals surface area contributed by atoms with Crippen LogP contribution in [-0.4, -0.2) is 10.8 Å². The van der Waals surface area contributed by atoms with E-state index in [4.69, 9.17) is 0 Å². The predicted octanol–water partition coefficient (Wildman–Crippen LogP) is 2.71. The van der Waals surface area contributed by atoms with Crippen LogP contribution in [0.4, 0.5) is 4.39 Å². The van der Waals surface area contributed by atoms with Crippen molar-refractivity contribution in [3.63, 3.8) is 0 Å². The lowest BCUT2D eigenvalue weighted by atomic mass is 10.1. The van der Waals surface area contributed by atoms with E-state index < -0.39 is 0 Å². The molecule has 1 aliphatic heterocycles. The van der Waals surface area contributed by atoms with Crippen LogP contribution in [0.1, 0.15) is 31.4 Å². The topological polar surface area (TPSA) is 20.3 Å². The standard InChI is InChI=1S/C13H16FNO/c1-3-9(2)13(16)15-7-10-5-4-6-12(14)11(10)8-15/h4-6,9H,3,7-8H2,1-2H3/t9-/m0/s1. The first-order valence-corrected chi connectivity index (χ1v) is 5.68. The Morgan fingerprint density at radius 2 is 2.25 bits per heavy atom. The highest BCUT2D eigenvalue weighted by Gasteiger charge is 2.27. The second kappa shape index (κ2) is 4.24. The van der Waals surface area contributed by atoms with Gasteiger partial charge in [0.05, 0.1) is 0 Å². The zero-order chi connectivity index (χ0) is 11.7. The summed E-state index contributed by atoms with van der Waals surface area (Å²) in [6, 6.07) is 5.05. The lowest BCUT2D eigenvalue weighted by Gasteiger charge is -2.19. The van der Waals surface area contributed by atoms with Gasteiger partial charge in [-0.2, -0.15) is 0 Å². The van der Waals surface area contributed by atoms with Crippen molar-refractivity contribution < 1.29 is 9.18 Å². The highest BCUT2D eigenvalue weighted by Crippen LogP contribution is 2.26. The van der Waals surface area contributed by atoms with Crippen molar-refractivity contribution in [3.8, 4) is 0 Å². The van der Waals surface area contributed by atoms with Crippen LogP contribution >= 0.6 is 0 Å². The fourth-order valence-electron chi connectivity index (χ4n) is 2.02. The first kappa shape index (κ1) is 11.1. The average molecular weight is 221 g/mol. The third kappa shape index (κ3) is 1.82. The van der Waals surface area contributed by atoms with Gasteiger partial charge in [-0.25, -0.2) is 4.39 Å². The van der Waals surface area contributed by atoms with Crippen LogP contribution < -0.4 is 0 Å². The number of rotatable bonds is 2. The van der Waals surface area contributed by atoms with Gasteiger partial charge in [0.1, 0.15) is 5.82 Å². The van der Waals surface area contributed by atoms with Gasteiger partial charge in [0.25, 0.3) is 0 Å². The van der Waals surface area contributed by atoms with Crippen molar-refractivity contribution in [2.24, 2.45) is 5.92 Å². The number of hydrogen-bond donors (Lipinski definition) is 0. The van der Waals surface area contributed by atoms with Crippen molar-refractivity contribution in [3.05, 3.63) is 35.1 Å². The minimum atomic E-state index is -0.197. The summed E-state index contributed by atoms with van der Waals surface area (Å²) in [7, 11) is 0. The maximum absolute atomic E-state index is 13.5. The van der Waals surface area contributed by atoms with E-state index in [1.54, 1.807) is 11.0 Å². The van der Waals surface area contributed by atoms with E-state index in [1.165, 1.54) is 6.07 Å². The molecular weight excluding hydrogens is 205 g/mol. The first-order chi connectivity index (χ1) is 7.63. The summed E-state index contributed by atoms with van der Waals surface area (Å²) < 4.78 is 13.5. The van der Waals surface area contributed by atoms with E-state index in [0.717, 1.165) is 12.0 Å². The van der Waals surface area contributed by atoms with Gasteiger partial charge >= 0.3 is 0 Å². The summed E-state index contributed by atoms with van der Waals surface area (Å²) in [5, 5.41) is 0. The first-order valence-electron chi connectivity index (χ1n) is 5.68. The normalized spacial score (nSPS) is 16.1. The van der Waals surface area contributed by atoms with Crippen LogP contribution in [-0.2, 0) is 17.9 Å². The minimum Gasteiger partial charge on any atom is -0.334 e. The second-order valence-corrected chi connectivity index (χ2v) is 4.38. The summed E-state index contributed by atoms with van der Waals surface area (Å²) in [6.45, 7) is 4.88. The Balaban J connectivity index is 2.17. The fourth-order valence-corrected chi connectivity index (χ4v) is 2.02. The maximum Gasteiger partial charge on any atom is 0.225 e. The Bertz CT molecular complexity index is 416. The highest BCUT2D eigenvalue weighted by molar-refractivity contribution is 5.79. The predicted molar refractivity (Wildman–Crippen MR) is 60.1 cm³/mol. The minimum absolute atomic E-state index is 0.0253. The summed E-state index contributed by atoms with van der Waals surface area (Å²) in [4.78, 5) is 13.7. The van der Waals surface area contributed by atoms with Crippen LogP contribution in [0.2, 0.25) is 0 Å².